The van der Waals surface area contributed by atoms with E-state index in [0.717, 1.165) is 0 Å². The normalized spacial score (nSPS) is 11.9. The van der Waals surface area contributed by atoms with Gasteiger partial charge in [0.1, 0.15) is 6.61 Å². The Morgan fingerprint density at radius 2 is 1.83 bits per heavy atom. The van der Waals surface area contributed by atoms with Crippen molar-refractivity contribution in [1.29, 1.82) is 0 Å². The molecule has 0 aliphatic heterocycles. The van der Waals surface area contributed by atoms with Gasteiger partial charge in [-0.15, -0.1) is 0 Å². The van der Waals surface area contributed by atoms with Crippen LogP contribution in [0.3, 0.4) is 0 Å². The van der Waals surface area contributed by atoms with E-state index < -0.39 is 6.16 Å². The van der Waals surface area contributed by atoms with Crippen LogP contribution in [0.2, 0.25) is 0 Å². The van der Waals surface area contributed by atoms with Crippen LogP contribution in [0, 0.1) is 0 Å². The van der Waals surface area contributed by atoms with E-state index in [0.29, 0.717) is 17.7 Å². The average Bonchev–Trinajstić information content (AvgIpc) is 2.65. The van der Waals surface area contributed by atoms with Crippen molar-refractivity contribution in [3.8, 4) is 0 Å². The Bertz CT molecular complexity index is 683. The van der Waals surface area contributed by atoms with Crippen LogP contribution in [-0.4, -0.2) is 30.6 Å². The van der Waals surface area contributed by atoms with Crippen molar-refractivity contribution < 1.29 is 19.1 Å². The standard InChI is InChI=1S/C19H19NO4/c1-23-19(22)24-14-8-6-11-16(17-12-5-7-13-20-17)18(21)15-9-3-2-4-10-15/h2-10,12-13,16H,11,14H2,1H3/b8-6+. The lowest BCUT2D eigenvalue weighted by Gasteiger charge is -2.13. The quantitative estimate of drug-likeness (QED) is 0.440. The molecular weight excluding hydrogens is 306 g/mol. The Morgan fingerprint density at radius 3 is 2.50 bits per heavy atom. The molecule has 0 bridgehead atoms. The maximum atomic E-state index is 12.8. The molecule has 0 saturated carbocycles. The van der Waals surface area contributed by atoms with Crippen LogP contribution >= 0.6 is 0 Å². The highest BCUT2D eigenvalue weighted by Crippen LogP contribution is 2.23. The topological polar surface area (TPSA) is 65.5 Å². The van der Waals surface area contributed by atoms with Crippen molar-refractivity contribution in [2.24, 2.45) is 0 Å². The SMILES string of the molecule is COC(=O)OC/C=C/CC(C(=O)c1ccccc1)c1ccccn1. The van der Waals surface area contributed by atoms with Crippen LogP contribution in [0.25, 0.3) is 0 Å². The number of benzene rings is 1. The first kappa shape index (κ1) is 17.4. The predicted molar refractivity (Wildman–Crippen MR) is 89.9 cm³/mol. The molecule has 2 rings (SSSR count). The molecule has 0 amide bonds. The largest absolute Gasteiger partial charge is 0.508 e. The minimum atomic E-state index is -0.735. The van der Waals surface area contributed by atoms with Crippen molar-refractivity contribution >= 4 is 11.9 Å². The summed E-state index contributed by atoms with van der Waals surface area (Å²) in [6.45, 7) is 0.0984. The second-order valence-corrected chi connectivity index (χ2v) is 5.01. The summed E-state index contributed by atoms with van der Waals surface area (Å²) in [6.07, 6.45) is 4.90. The summed E-state index contributed by atoms with van der Waals surface area (Å²) in [6, 6.07) is 14.6. The molecule has 1 atom stereocenters. The number of carbonyl (C=O) groups excluding carboxylic acids is 2. The number of hydrogen-bond acceptors (Lipinski definition) is 5. The molecule has 124 valence electrons. The van der Waals surface area contributed by atoms with Crippen molar-refractivity contribution in [1.82, 2.24) is 4.98 Å². The van der Waals surface area contributed by atoms with Crippen LogP contribution in [0.4, 0.5) is 4.79 Å². The number of methoxy groups -OCH3 is 1. The summed E-state index contributed by atoms with van der Waals surface area (Å²) < 4.78 is 9.16. The highest BCUT2D eigenvalue weighted by atomic mass is 16.7. The molecule has 5 heteroatoms. The number of aromatic nitrogens is 1. The Hall–Kier alpha value is -2.95. The maximum absolute atomic E-state index is 12.8. The molecule has 2 aromatic rings. The minimum absolute atomic E-state index is 0.00726. The number of hydrogen-bond donors (Lipinski definition) is 0. The third-order valence-electron chi connectivity index (χ3n) is 3.42. The van der Waals surface area contributed by atoms with E-state index in [1.807, 2.05) is 42.5 Å². The zero-order chi connectivity index (χ0) is 17.2. The summed E-state index contributed by atoms with van der Waals surface area (Å²) in [5, 5.41) is 0. The van der Waals surface area contributed by atoms with E-state index in [-0.39, 0.29) is 18.3 Å². The molecule has 0 aliphatic rings. The molecule has 5 nitrogen and oxygen atoms in total. The fraction of sp³-hybridized carbons (Fsp3) is 0.211. The Balaban J connectivity index is 2.08. The van der Waals surface area contributed by atoms with Gasteiger partial charge in [0.15, 0.2) is 5.78 Å². The molecule has 1 unspecified atom stereocenters. The lowest BCUT2D eigenvalue weighted by Crippen LogP contribution is -2.14. The molecule has 0 spiro atoms. The smallest absolute Gasteiger partial charge is 0.438 e. The van der Waals surface area contributed by atoms with E-state index in [4.69, 9.17) is 4.74 Å². The van der Waals surface area contributed by atoms with Gasteiger partial charge in [-0.1, -0.05) is 48.6 Å². The Labute approximate surface area is 140 Å². The highest BCUT2D eigenvalue weighted by Gasteiger charge is 2.21. The maximum Gasteiger partial charge on any atom is 0.508 e. The van der Waals surface area contributed by atoms with Gasteiger partial charge in [-0.05, 0) is 18.6 Å². The lowest BCUT2D eigenvalue weighted by atomic mass is 9.91. The molecule has 0 radical (unpaired) electrons. The number of ether oxygens (including phenoxy) is 2. The number of Topliss-reactive ketones (excluding diaryl/α,β-unsaturated/α-hetero) is 1. The van der Waals surface area contributed by atoms with Crippen LogP contribution in [-0.2, 0) is 9.47 Å². The van der Waals surface area contributed by atoms with Crippen LogP contribution in [0.15, 0.2) is 66.9 Å². The first-order valence-corrected chi connectivity index (χ1v) is 7.58. The van der Waals surface area contributed by atoms with Crippen LogP contribution in [0.1, 0.15) is 28.4 Å². The van der Waals surface area contributed by atoms with Crippen LogP contribution in [0.5, 0.6) is 0 Å². The molecule has 1 aromatic carbocycles. The van der Waals surface area contributed by atoms with E-state index in [1.54, 1.807) is 24.4 Å². The lowest BCUT2D eigenvalue weighted by molar-refractivity contribution is 0.0816. The van der Waals surface area contributed by atoms with Gasteiger partial charge >= 0.3 is 6.16 Å². The summed E-state index contributed by atoms with van der Waals surface area (Å²) in [5.41, 5.74) is 1.36. The second kappa shape index (κ2) is 9.25. The summed E-state index contributed by atoms with van der Waals surface area (Å²) in [5.74, 6) is -0.379. The van der Waals surface area contributed by atoms with Crippen molar-refractivity contribution in [3.05, 3.63) is 78.1 Å². The minimum Gasteiger partial charge on any atom is -0.438 e. The molecule has 0 N–H and O–H groups in total. The van der Waals surface area contributed by atoms with Crippen molar-refractivity contribution in [3.63, 3.8) is 0 Å². The zero-order valence-electron chi connectivity index (χ0n) is 13.4. The monoisotopic (exact) mass is 325 g/mol. The first-order chi connectivity index (χ1) is 11.7. The number of carbonyl (C=O) groups is 2. The van der Waals surface area contributed by atoms with E-state index in [9.17, 15) is 9.59 Å². The van der Waals surface area contributed by atoms with E-state index in [2.05, 4.69) is 9.72 Å². The van der Waals surface area contributed by atoms with E-state index >= 15 is 0 Å². The molecule has 24 heavy (non-hydrogen) atoms. The van der Waals surface area contributed by atoms with Gasteiger partial charge in [0.2, 0.25) is 0 Å². The first-order valence-electron chi connectivity index (χ1n) is 7.58. The molecular formula is C19H19NO4. The number of allylic oxidation sites excluding steroid dienone is 1. The fourth-order valence-electron chi connectivity index (χ4n) is 2.22. The van der Waals surface area contributed by atoms with Crippen molar-refractivity contribution in [2.45, 2.75) is 12.3 Å². The summed E-state index contributed by atoms with van der Waals surface area (Å²) in [7, 11) is 1.25. The molecule has 0 saturated heterocycles. The third-order valence-corrected chi connectivity index (χ3v) is 3.42. The third kappa shape index (κ3) is 5.05. The van der Waals surface area contributed by atoms with Gasteiger partial charge in [0.05, 0.1) is 18.7 Å². The number of nitrogens with zero attached hydrogens (tertiary/aromatic N) is 1. The van der Waals surface area contributed by atoms with Gasteiger partial charge in [0, 0.05) is 11.8 Å². The van der Waals surface area contributed by atoms with Gasteiger partial charge in [-0.25, -0.2) is 4.79 Å². The number of ketones is 1. The van der Waals surface area contributed by atoms with Crippen LogP contribution < -0.4 is 0 Å². The molecule has 0 aliphatic carbocycles. The second-order valence-electron chi connectivity index (χ2n) is 5.01. The van der Waals surface area contributed by atoms with Gasteiger partial charge < -0.3 is 9.47 Å². The van der Waals surface area contributed by atoms with Gasteiger partial charge in [-0.3, -0.25) is 9.78 Å². The number of pyridine rings is 1. The van der Waals surface area contributed by atoms with Crippen molar-refractivity contribution in [2.75, 3.05) is 13.7 Å². The number of rotatable bonds is 7. The van der Waals surface area contributed by atoms with Gasteiger partial charge in [-0.2, -0.15) is 0 Å². The molecule has 1 heterocycles. The Morgan fingerprint density at radius 1 is 1.08 bits per heavy atom. The van der Waals surface area contributed by atoms with E-state index in [1.165, 1.54) is 7.11 Å². The predicted octanol–water partition coefficient (Wildman–Crippen LogP) is 3.78. The highest BCUT2D eigenvalue weighted by molar-refractivity contribution is 6.00. The summed E-state index contributed by atoms with van der Waals surface area (Å²) >= 11 is 0. The fourth-order valence-corrected chi connectivity index (χ4v) is 2.22. The molecule has 0 fully saturated rings. The van der Waals surface area contributed by atoms with Gasteiger partial charge in [0.25, 0.3) is 0 Å². The molecule has 1 aromatic heterocycles. The Kier molecular flexibility index (Phi) is 6.71. The summed E-state index contributed by atoms with van der Waals surface area (Å²) in [4.78, 5) is 28.0. The zero-order valence-corrected chi connectivity index (χ0v) is 13.4. The average molecular weight is 325 g/mol.